The number of rotatable bonds is 7. The third-order valence-corrected chi connectivity index (χ3v) is 5.52. The third kappa shape index (κ3) is 8.30. The topological polar surface area (TPSA) is 58.1 Å². The second kappa shape index (κ2) is 13.3. The molecule has 0 spiro atoms. The molecular weight excluding hydrogens is 479 g/mol. The molecule has 0 radical (unpaired) electrons. The van der Waals surface area contributed by atoms with Crippen molar-refractivity contribution in [2.24, 2.45) is 4.99 Å². The Balaban J connectivity index is 0.00000300. The van der Waals surface area contributed by atoms with Crippen molar-refractivity contribution in [2.45, 2.75) is 51.2 Å². The van der Waals surface area contributed by atoms with E-state index in [4.69, 9.17) is 9.47 Å². The molecule has 0 amide bonds. The number of piperidine rings is 1. The maximum atomic E-state index is 5.93. The molecule has 1 atom stereocenters. The summed E-state index contributed by atoms with van der Waals surface area (Å²) in [6, 6.07) is 9.25. The molecule has 1 unspecified atom stereocenters. The van der Waals surface area contributed by atoms with E-state index in [1.165, 1.54) is 24.1 Å². The SMILES string of the molecule is CN=C(NCCCOC1CCOCC1)NC1CCCN(c2ccc(C)cc2)C1.I. The Bertz CT molecular complexity index is 605. The van der Waals surface area contributed by atoms with Crippen LogP contribution in [0, 0.1) is 6.92 Å². The first-order valence-electron chi connectivity index (χ1n) is 10.7. The average molecular weight is 516 g/mol. The molecule has 164 valence electrons. The monoisotopic (exact) mass is 516 g/mol. The maximum absolute atomic E-state index is 5.93. The maximum Gasteiger partial charge on any atom is 0.191 e. The van der Waals surface area contributed by atoms with E-state index in [0.29, 0.717) is 12.1 Å². The highest BCUT2D eigenvalue weighted by Gasteiger charge is 2.21. The van der Waals surface area contributed by atoms with Crippen molar-refractivity contribution in [1.29, 1.82) is 0 Å². The Labute approximate surface area is 192 Å². The van der Waals surface area contributed by atoms with Gasteiger partial charge in [-0.1, -0.05) is 17.7 Å². The molecular formula is C22H37IN4O2. The number of benzene rings is 1. The van der Waals surface area contributed by atoms with Gasteiger partial charge in [-0.2, -0.15) is 0 Å². The highest BCUT2D eigenvalue weighted by Crippen LogP contribution is 2.20. The van der Waals surface area contributed by atoms with E-state index < -0.39 is 0 Å². The molecule has 2 N–H and O–H groups in total. The van der Waals surface area contributed by atoms with Crippen LogP contribution in [0.25, 0.3) is 0 Å². The molecule has 2 heterocycles. The minimum Gasteiger partial charge on any atom is -0.381 e. The molecule has 0 aliphatic carbocycles. The number of aryl methyl sites for hydroxylation is 1. The smallest absolute Gasteiger partial charge is 0.191 e. The van der Waals surface area contributed by atoms with Gasteiger partial charge in [-0.15, -0.1) is 24.0 Å². The van der Waals surface area contributed by atoms with Gasteiger partial charge in [0.15, 0.2) is 5.96 Å². The molecule has 2 saturated heterocycles. The Kier molecular flexibility index (Phi) is 11.1. The van der Waals surface area contributed by atoms with Gasteiger partial charge in [0, 0.05) is 58.2 Å². The van der Waals surface area contributed by atoms with Gasteiger partial charge in [0.2, 0.25) is 0 Å². The molecule has 3 rings (SSSR count). The van der Waals surface area contributed by atoms with E-state index in [9.17, 15) is 0 Å². The van der Waals surface area contributed by atoms with Crippen LogP contribution < -0.4 is 15.5 Å². The van der Waals surface area contributed by atoms with Crippen molar-refractivity contribution in [3.63, 3.8) is 0 Å². The number of hydrogen-bond donors (Lipinski definition) is 2. The third-order valence-electron chi connectivity index (χ3n) is 5.52. The van der Waals surface area contributed by atoms with Crippen LogP contribution in [0.15, 0.2) is 29.3 Å². The summed E-state index contributed by atoms with van der Waals surface area (Å²) in [7, 11) is 1.84. The van der Waals surface area contributed by atoms with Crippen molar-refractivity contribution >= 4 is 35.6 Å². The van der Waals surface area contributed by atoms with Gasteiger partial charge < -0.3 is 25.0 Å². The number of guanidine groups is 1. The molecule has 7 heteroatoms. The average Bonchev–Trinajstić information content (AvgIpc) is 2.74. The summed E-state index contributed by atoms with van der Waals surface area (Å²) in [6.45, 7) is 7.60. The molecule has 1 aromatic carbocycles. The van der Waals surface area contributed by atoms with Crippen LogP contribution in [0.1, 0.15) is 37.7 Å². The lowest BCUT2D eigenvalue weighted by molar-refractivity contribution is -0.0320. The number of nitrogens with zero attached hydrogens (tertiary/aromatic N) is 2. The number of halogens is 1. The highest BCUT2D eigenvalue weighted by molar-refractivity contribution is 14.0. The van der Waals surface area contributed by atoms with Crippen molar-refractivity contribution < 1.29 is 9.47 Å². The molecule has 6 nitrogen and oxygen atoms in total. The van der Waals surface area contributed by atoms with Crippen LogP contribution in [-0.4, -0.2) is 64.6 Å². The summed E-state index contributed by atoms with van der Waals surface area (Å²) in [5.41, 5.74) is 2.62. The summed E-state index contributed by atoms with van der Waals surface area (Å²) < 4.78 is 11.3. The number of aliphatic imine (C=N–C) groups is 1. The molecule has 0 bridgehead atoms. The van der Waals surface area contributed by atoms with Crippen molar-refractivity contribution in [3.05, 3.63) is 29.8 Å². The lowest BCUT2D eigenvalue weighted by Crippen LogP contribution is -2.51. The summed E-state index contributed by atoms with van der Waals surface area (Å²) in [6.07, 6.45) is 5.78. The zero-order chi connectivity index (χ0) is 19.6. The molecule has 0 aromatic heterocycles. The van der Waals surface area contributed by atoms with Crippen LogP contribution in [0.3, 0.4) is 0 Å². The first-order valence-corrected chi connectivity index (χ1v) is 10.7. The zero-order valence-corrected chi connectivity index (χ0v) is 20.2. The summed E-state index contributed by atoms with van der Waals surface area (Å²) in [4.78, 5) is 6.87. The molecule has 1 aromatic rings. The first-order chi connectivity index (χ1) is 13.7. The second-order valence-electron chi connectivity index (χ2n) is 7.80. The minimum atomic E-state index is 0. The van der Waals surface area contributed by atoms with E-state index in [2.05, 4.69) is 51.7 Å². The summed E-state index contributed by atoms with van der Waals surface area (Å²) >= 11 is 0. The van der Waals surface area contributed by atoms with Gasteiger partial charge in [0.1, 0.15) is 0 Å². The van der Waals surface area contributed by atoms with Crippen molar-refractivity contribution in [1.82, 2.24) is 10.6 Å². The standard InChI is InChI=1S/C22H36N4O2.HI/c1-18-6-8-20(9-7-18)26-13-3-5-19(17-26)25-22(23-2)24-12-4-14-28-21-10-15-27-16-11-21;/h6-9,19,21H,3-5,10-17H2,1-2H3,(H2,23,24,25);1H. The van der Waals surface area contributed by atoms with E-state index in [0.717, 1.165) is 64.7 Å². The van der Waals surface area contributed by atoms with Crippen LogP contribution in [-0.2, 0) is 9.47 Å². The van der Waals surface area contributed by atoms with Gasteiger partial charge in [-0.05, 0) is 51.2 Å². The van der Waals surface area contributed by atoms with Crippen molar-refractivity contribution in [3.8, 4) is 0 Å². The number of ether oxygens (including phenoxy) is 2. The number of anilines is 1. The van der Waals surface area contributed by atoms with Gasteiger partial charge in [-0.25, -0.2) is 0 Å². The van der Waals surface area contributed by atoms with Gasteiger partial charge in [0.25, 0.3) is 0 Å². The Morgan fingerprint density at radius 3 is 2.69 bits per heavy atom. The van der Waals surface area contributed by atoms with Gasteiger partial charge in [-0.3, -0.25) is 4.99 Å². The fourth-order valence-corrected chi connectivity index (χ4v) is 3.84. The molecule has 2 aliphatic heterocycles. The van der Waals surface area contributed by atoms with Crippen LogP contribution >= 0.6 is 24.0 Å². The predicted octanol–water partition coefficient (Wildman–Crippen LogP) is 3.33. The molecule has 0 saturated carbocycles. The van der Waals surface area contributed by atoms with Crippen LogP contribution in [0.5, 0.6) is 0 Å². The Morgan fingerprint density at radius 1 is 1.21 bits per heavy atom. The Morgan fingerprint density at radius 2 is 1.97 bits per heavy atom. The predicted molar refractivity (Wildman–Crippen MR) is 131 cm³/mol. The highest BCUT2D eigenvalue weighted by atomic mass is 127. The lowest BCUT2D eigenvalue weighted by Gasteiger charge is -2.35. The van der Waals surface area contributed by atoms with Crippen molar-refractivity contribution in [2.75, 3.05) is 51.4 Å². The fraction of sp³-hybridized carbons (Fsp3) is 0.682. The van der Waals surface area contributed by atoms with Gasteiger partial charge >= 0.3 is 0 Å². The molecule has 29 heavy (non-hydrogen) atoms. The van der Waals surface area contributed by atoms with Crippen LogP contribution in [0.2, 0.25) is 0 Å². The minimum absolute atomic E-state index is 0. The van der Waals surface area contributed by atoms with E-state index in [-0.39, 0.29) is 24.0 Å². The second-order valence-corrected chi connectivity index (χ2v) is 7.80. The Hall–Kier alpha value is -1.06. The fourth-order valence-electron chi connectivity index (χ4n) is 3.84. The quantitative estimate of drug-likeness (QED) is 0.252. The van der Waals surface area contributed by atoms with E-state index >= 15 is 0 Å². The van der Waals surface area contributed by atoms with E-state index in [1.807, 2.05) is 7.05 Å². The summed E-state index contributed by atoms with van der Waals surface area (Å²) in [5.74, 6) is 0.891. The largest absolute Gasteiger partial charge is 0.381 e. The number of nitrogens with one attached hydrogen (secondary N) is 2. The van der Waals surface area contributed by atoms with Gasteiger partial charge in [0.05, 0.1) is 6.10 Å². The van der Waals surface area contributed by atoms with E-state index in [1.54, 1.807) is 0 Å². The normalized spacial score (nSPS) is 20.8. The molecule has 2 aliphatic rings. The summed E-state index contributed by atoms with van der Waals surface area (Å²) in [5, 5.41) is 7.03. The zero-order valence-electron chi connectivity index (χ0n) is 17.9. The first kappa shape index (κ1) is 24.2. The number of hydrogen-bond acceptors (Lipinski definition) is 4. The molecule has 2 fully saturated rings. The lowest BCUT2D eigenvalue weighted by atomic mass is 10.0. The van der Waals surface area contributed by atoms with Crippen LogP contribution in [0.4, 0.5) is 5.69 Å².